The van der Waals surface area contributed by atoms with Gasteiger partial charge in [0.25, 0.3) is 5.91 Å². The fraction of sp³-hybridized carbons (Fsp3) is 0.579. The Bertz CT molecular complexity index is 571. The van der Waals surface area contributed by atoms with Crippen LogP contribution in [0.15, 0.2) is 24.3 Å². The topological polar surface area (TPSA) is 52.7 Å². The van der Waals surface area contributed by atoms with Gasteiger partial charge in [0.1, 0.15) is 0 Å². The Balaban J connectivity index is 1.49. The van der Waals surface area contributed by atoms with Crippen molar-refractivity contribution in [3.05, 3.63) is 29.8 Å². The van der Waals surface area contributed by atoms with Gasteiger partial charge in [0.2, 0.25) is 5.91 Å². The standard InChI is InChI=1S/C19H27N3O2/c1-15-8-12-21(13-9-15)18(23)14-20-17-6-4-16(5-7-17)19(24)22-10-2-3-11-22/h4-7,15,20H,2-3,8-14H2,1H3. The SMILES string of the molecule is CC1CCN(C(=O)CNc2ccc(C(=O)N3CCCC3)cc2)CC1. The minimum absolute atomic E-state index is 0.109. The number of nitrogens with one attached hydrogen (secondary N) is 1. The quantitative estimate of drug-likeness (QED) is 0.924. The van der Waals surface area contributed by atoms with Gasteiger partial charge in [-0.2, -0.15) is 0 Å². The molecule has 2 aliphatic rings. The molecule has 3 rings (SSSR count). The number of hydrogen-bond acceptors (Lipinski definition) is 3. The number of likely N-dealkylation sites (tertiary alicyclic amines) is 2. The predicted molar refractivity (Wildman–Crippen MR) is 95.0 cm³/mol. The maximum Gasteiger partial charge on any atom is 0.253 e. The molecule has 2 saturated heterocycles. The highest BCUT2D eigenvalue weighted by molar-refractivity contribution is 5.94. The van der Waals surface area contributed by atoms with Crippen molar-refractivity contribution in [1.29, 1.82) is 0 Å². The normalized spacial score (nSPS) is 18.7. The minimum atomic E-state index is 0.109. The Kier molecular flexibility index (Phi) is 5.38. The smallest absolute Gasteiger partial charge is 0.253 e. The summed E-state index contributed by atoms with van der Waals surface area (Å²) in [6, 6.07) is 7.45. The fourth-order valence-electron chi connectivity index (χ4n) is 3.38. The summed E-state index contributed by atoms with van der Waals surface area (Å²) in [7, 11) is 0. The van der Waals surface area contributed by atoms with Gasteiger partial charge in [-0.15, -0.1) is 0 Å². The van der Waals surface area contributed by atoms with Crippen LogP contribution >= 0.6 is 0 Å². The highest BCUT2D eigenvalue weighted by atomic mass is 16.2. The van der Waals surface area contributed by atoms with Gasteiger partial charge < -0.3 is 15.1 Å². The van der Waals surface area contributed by atoms with Gasteiger partial charge in [0, 0.05) is 37.4 Å². The van der Waals surface area contributed by atoms with E-state index >= 15 is 0 Å². The van der Waals surface area contributed by atoms with Gasteiger partial charge >= 0.3 is 0 Å². The summed E-state index contributed by atoms with van der Waals surface area (Å²) >= 11 is 0. The number of piperidine rings is 1. The second kappa shape index (κ2) is 7.69. The van der Waals surface area contributed by atoms with Gasteiger partial charge in [0.15, 0.2) is 0 Å². The molecule has 130 valence electrons. The number of nitrogens with zero attached hydrogens (tertiary/aromatic N) is 2. The monoisotopic (exact) mass is 329 g/mol. The second-order valence-electron chi connectivity index (χ2n) is 6.99. The number of amides is 2. The predicted octanol–water partition coefficient (Wildman–Crippen LogP) is 2.59. The molecule has 0 saturated carbocycles. The first-order chi connectivity index (χ1) is 11.6. The lowest BCUT2D eigenvalue weighted by atomic mass is 9.99. The highest BCUT2D eigenvalue weighted by Gasteiger charge is 2.20. The van der Waals surface area contributed by atoms with Crippen LogP contribution in [0.2, 0.25) is 0 Å². The number of rotatable bonds is 4. The van der Waals surface area contributed by atoms with E-state index < -0.39 is 0 Å². The summed E-state index contributed by atoms with van der Waals surface area (Å²) in [6.07, 6.45) is 4.39. The molecule has 1 aromatic carbocycles. The minimum Gasteiger partial charge on any atom is -0.376 e. The van der Waals surface area contributed by atoms with Crippen molar-refractivity contribution in [1.82, 2.24) is 9.80 Å². The molecule has 0 aromatic heterocycles. The molecular formula is C19H27N3O2. The highest BCUT2D eigenvalue weighted by Crippen LogP contribution is 2.17. The van der Waals surface area contributed by atoms with E-state index in [1.54, 1.807) is 0 Å². The first-order valence-electron chi connectivity index (χ1n) is 9.04. The zero-order valence-corrected chi connectivity index (χ0v) is 14.5. The largest absolute Gasteiger partial charge is 0.376 e. The number of anilines is 1. The number of carbonyl (C=O) groups is 2. The number of hydrogen-bond donors (Lipinski definition) is 1. The molecule has 0 bridgehead atoms. The molecule has 2 aliphatic heterocycles. The summed E-state index contributed by atoms with van der Waals surface area (Å²) in [5, 5.41) is 3.17. The lowest BCUT2D eigenvalue weighted by Crippen LogP contribution is -2.40. The van der Waals surface area contributed by atoms with Crippen molar-refractivity contribution in [3.8, 4) is 0 Å². The van der Waals surface area contributed by atoms with E-state index in [9.17, 15) is 9.59 Å². The van der Waals surface area contributed by atoms with Crippen LogP contribution in [0.3, 0.4) is 0 Å². The molecule has 0 aliphatic carbocycles. The molecule has 2 fully saturated rings. The van der Waals surface area contributed by atoms with Crippen LogP contribution in [-0.4, -0.2) is 54.3 Å². The average Bonchev–Trinajstić information content (AvgIpc) is 3.15. The lowest BCUT2D eigenvalue weighted by molar-refractivity contribution is -0.130. The van der Waals surface area contributed by atoms with Crippen molar-refractivity contribution >= 4 is 17.5 Å². The van der Waals surface area contributed by atoms with E-state index in [1.807, 2.05) is 34.1 Å². The van der Waals surface area contributed by atoms with Crippen LogP contribution in [0.1, 0.15) is 43.0 Å². The molecule has 1 N–H and O–H groups in total. The molecule has 0 atom stereocenters. The average molecular weight is 329 g/mol. The van der Waals surface area contributed by atoms with Crippen molar-refractivity contribution in [2.75, 3.05) is 38.0 Å². The first kappa shape index (κ1) is 16.8. The van der Waals surface area contributed by atoms with Gasteiger partial charge in [0.05, 0.1) is 6.54 Å². The zero-order chi connectivity index (χ0) is 16.9. The third-order valence-corrected chi connectivity index (χ3v) is 5.11. The molecule has 0 radical (unpaired) electrons. The van der Waals surface area contributed by atoms with E-state index in [4.69, 9.17) is 0 Å². The molecular weight excluding hydrogens is 302 g/mol. The fourth-order valence-corrected chi connectivity index (χ4v) is 3.38. The third-order valence-electron chi connectivity index (χ3n) is 5.11. The summed E-state index contributed by atoms with van der Waals surface area (Å²) in [5.74, 6) is 0.986. The Morgan fingerprint density at radius 3 is 2.25 bits per heavy atom. The van der Waals surface area contributed by atoms with E-state index in [0.717, 1.165) is 69.0 Å². The van der Waals surface area contributed by atoms with Crippen molar-refractivity contribution in [2.24, 2.45) is 5.92 Å². The van der Waals surface area contributed by atoms with Crippen LogP contribution in [0.4, 0.5) is 5.69 Å². The van der Waals surface area contributed by atoms with Crippen LogP contribution in [0.5, 0.6) is 0 Å². The summed E-state index contributed by atoms with van der Waals surface area (Å²) in [6.45, 7) is 6.01. The Morgan fingerprint density at radius 2 is 1.62 bits per heavy atom. The molecule has 5 nitrogen and oxygen atoms in total. The van der Waals surface area contributed by atoms with Gasteiger partial charge in [-0.25, -0.2) is 0 Å². The lowest BCUT2D eigenvalue weighted by Gasteiger charge is -2.30. The number of carbonyl (C=O) groups excluding carboxylic acids is 2. The Hall–Kier alpha value is -2.04. The second-order valence-corrected chi connectivity index (χ2v) is 6.99. The van der Waals surface area contributed by atoms with Crippen LogP contribution < -0.4 is 5.32 Å². The van der Waals surface area contributed by atoms with Crippen molar-refractivity contribution in [3.63, 3.8) is 0 Å². The van der Waals surface area contributed by atoms with Crippen LogP contribution in [0.25, 0.3) is 0 Å². The van der Waals surface area contributed by atoms with E-state index in [2.05, 4.69) is 12.2 Å². The van der Waals surface area contributed by atoms with Crippen LogP contribution in [0, 0.1) is 5.92 Å². The van der Waals surface area contributed by atoms with E-state index in [1.165, 1.54) is 0 Å². The molecule has 0 unspecified atom stereocenters. The van der Waals surface area contributed by atoms with Gasteiger partial charge in [-0.3, -0.25) is 9.59 Å². The van der Waals surface area contributed by atoms with Crippen molar-refractivity contribution in [2.45, 2.75) is 32.6 Å². The summed E-state index contributed by atoms with van der Waals surface area (Å²) in [4.78, 5) is 28.4. The number of benzene rings is 1. The summed E-state index contributed by atoms with van der Waals surface area (Å²) in [5.41, 5.74) is 1.60. The Morgan fingerprint density at radius 1 is 1.00 bits per heavy atom. The molecule has 0 spiro atoms. The first-order valence-corrected chi connectivity index (χ1v) is 9.04. The van der Waals surface area contributed by atoms with Crippen molar-refractivity contribution < 1.29 is 9.59 Å². The molecule has 1 aromatic rings. The van der Waals surface area contributed by atoms with Gasteiger partial charge in [-0.1, -0.05) is 6.92 Å². The van der Waals surface area contributed by atoms with E-state index in [-0.39, 0.29) is 11.8 Å². The zero-order valence-electron chi connectivity index (χ0n) is 14.5. The molecule has 5 heteroatoms. The maximum atomic E-state index is 12.3. The maximum absolute atomic E-state index is 12.3. The molecule has 24 heavy (non-hydrogen) atoms. The third kappa shape index (κ3) is 4.08. The van der Waals surface area contributed by atoms with E-state index in [0.29, 0.717) is 6.54 Å². The van der Waals surface area contributed by atoms with Crippen LogP contribution in [-0.2, 0) is 4.79 Å². The van der Waals surface area contributed by atoms with Gasteiger partial charge in [-0.05, 0) is 55.9 Å². The summed E-state index contributed by atoms with van der Waals surface area (Å²) < 4.78 is 0. The Labute approximate surface area is 144 Å². The molecule has 2 heterocycles. The molecule has 2 amide bonds.